The summed E-state index contributed by atoms with van der Waals surface area (Å²) in [6, 6.07) is 24.0. The summed E-state index contributed by atoms with van der Waals surface area (Å²) in [6.07, 6.45) is 1.53. The lowest BCUT2D eigenvalue weighted by atomic mass is 9.98. The number of ether oxygens (including phenoxy) is 1. The average Bonchev–Trinajstić information content (AvgIpc) is 3.39. The molecule has 0 saturated heterocycles. The molecule has 1 aromatic heterocycles. The van der Waals surface area contributed by atoms with Crippen molar-refractivity contribution in [3.8, 4) is 11.1 Å². The molecule has 1 amide bonds. The number of aromatic nitrogens is 1. The quantitative estimate of drug-likeness (QED) is 0.379. The third-order valence-electron chi connectivity index (χ3n) is 6.33. The van der Waals surface area contributed by atoms with Gasteiger partial charge in [0, 0.05) is 29.6 Å². The molecule has 0 radical (unpaired) electrons. The summed E-state index contributed by atoms with van der Waals surface area (Å²) in [5, 5.41) is 13.3. The van der Waals surface area contributed by atoms with Crippen LogP contribution in [-0.2, 0) is 16.0 Å². The van der Waals surface area contributed by atoms with Gasteiger partial charge in [-0.15, -0.1) is 0 Å². The molecular formula is C27H24N2O4. The van der Waals surface area contributed by atoms with E-state index in [1.165, 1.54) is 0 Å². The Morgan fingerprint density at radius 1 is 0.939 bits per heavy atom. The van der Waals surface area contributed by atoms with Crippen LogP contribution in [0.4, 0.5) is 4.79 Å². The van der Waals surface area contributed by atoms with Crippen LogP contribution in [0.25, 0.3) is 22.0 Å². The highest BCUT2D eigenvalue weighted by Crippen LogP contribution is 2.44. The highest BCUT2D eigenvalue weighted by Gasteiger charge is 2.29. The van der Waals surface area contributed by atoms with Crippen molar-refractivity contribution in [2.45, 2.75) is 12.3 Å². The van der Waals surface area contributed by atoms with Crippen molar-refractivity contribution in [1.29, 1.82) is 0 Å². The molecule has 4 aromatic rings. The molecule has 0 bridgehead atoms. The third kappa shape index (κ3) is 4.07. The van der Waals surface area contributed by atoms with Gasteiger partial charge in [0.05, 0.1) is 5.92 Å². The normalized spacial score (nSPS) is 13.3. The first-order valence-electron chi connectivity index (χ1n) is 11.0. The van der Waals surface area contributed by atoms with E-state index in [0.717, 1.165) is 38.7 Å². The Labute approximate surface area is 191 Å². The number of aliphatic carboxylic acids is 1. The minimum atomic E-state index is -0.959. The summed E-state index contributed by atoms with van der Waals surface area (Å²) in [6.45, 7) is 0.186. The highest BCUT2D eigenvalue weighted by atomic mass is 16.5. The first-order valence-corrected chi connectivity index (χ1v) is 11.0. The number of aromatic amines is 1. The van der Waals surface area contributed by atoms with Gasteiger partial charge >= 0.3 is 12.1 Å². The number of carbonyl (C=O) groups excluding carboxylic acids is 1. The van der Waals surface area contributed by atoms with E-state index in [1.54, 1.807) is 0 Å². The molecule has 1 aliphatic carbocycles. The topological polar surface area (TPSA) is 91.4 Å². The lowest BCUT2D eigenvalue weighted by Crippen LogP contribution is -2.35. The lowest BCUT2D eigenvalue weighted by Gasteiger charge is -2.16. The molecular weight excluding hydrogens is 416 g/mol. The fourth-order valence-corrected chi connectivity index (χ4v) is 4.67. The van der Waals surface area contributed by atoms with Gasteiger partial charge in [-0.1, -0.05) is 66.7 Å². The second-order valence-electron chi connectivity index (χ2n) is 8.31. The number of carbonyl (C=O) groups is 2. The number of carboxylic acids is 1. The molecule has 0 saturated carbocycles. The van der Waals surface area contributed by atoms with Crippen molar-refractivity contribution in [3.63, 3.8) is 0 Å². The largest absolute Gasteiger partial charge is 0.481 e. The molecule has 3 N–H and O–H groups in total. The van der Waals surface area contributed by atoms with E-state index in [2.05, 4.69) is 34.6 Å². The van der Waals surface area contributed by atoms with E-state index in [1.807, 2.05) is 54.7 Å². The number of amides is 1. The van der Waals surface area contributed by atoms with E-state index >= 15 is 0 Å². The fourth-order valence-electron chi connectivity index (χ4n) is 4.67. The molecule has 166 valence electrons. The van der Waals surface area contributed by atoms with Crippen LogP contribution in [0.2, 0.25) is 0 Å². The Hall–Kier alpha value is -4.06. The van der Waals surface area contributed by atoms with Gasteiger partial charge in [-0.2, -0.15) is 0 Å². The zero-order valence-electron chi connectivity index (χ0n) is 18.0. The molecule has 3 aromatic carbocycles. The molecule has 1 atom stereocenters. The van der Waals surface area contributed by atoms with Gasteiger partial charge < -0.3 is 20.1 Å². The Kier molecular flexibility index (Phi) is 5.57. The van der Waals surface area contributed by atoms with E-state index < -0.39 is 18.0 Å². The Balaban J connectivity index is 1.22. The Bertz CT molecular complexity index is 1280. The summed E-state index contributed by atoms with van der Waals surface area (Å²) in [4.78, 5) is 27.4. The highest BCUT2D eigenvalue weighted by molar-refractivity contribution is 5.84. The summed E-state index contributed by atoms with van der Waals surface area (Å²) < 4.78 is 5.53. The molecule has 1 unspecified atom stereocenters. The van der Waals surface area contributed by atoms with Crippen LogP contribution in [0.1, 0.15) is 22.6 Å². The number of rotatable bonds is 7. The lowest BCUT2D eigenvalue weighted by molar-refractivity contribution is -0.141. The van der Waals surface area contributed by atoms with E-state index in [-0.39, 0.29) is 19.1 Å². The van der Waals surface area contributed by atoms with Crippen LogP contribution in [0.5, 0.6) is 0 Å². The number of carboxylic acid groups (broad SMARTS) is 1. The predicted octanol–water partition coefficient (Wildman–Crippen LogP) is 4.95. The summed E-state index contributed by atoms with van der Waals surface area (Å²) in [5.74, 6) is -1.76. The number of fused-ring (bicyclic) bond motifs is 4. The molecule has 5 rings (SSSR count). The second-order valence-corrected chi connectivity index (χ2v) is 8.31. The minimum absolute atomic E-state index is 0.00842. The van der Waals surface area contributed by atoms with Gasteiger partial charge in [-0.3, -0.25) is 4.79 Å². The van der Waals surface area contributed by atoms with Gasteiger partial charge in [-0.05, 0) is 40.3 Å². The maximum atomic E-state index is 12.4. The Morgan fingerprint density at radius 3 is 2.27 bits per heavy atom. The molecule has 0 fully saturated rings. The molecule has 1 aliphatic rings. The maximum absolute atomic E-state index is 12.4. The smallest absolute Gasteiger partial charge is 0.407 e. The molecule has 6 nitrogen and oxygen atoms in total. The molecule has 6 heteroatoms. The van der Waals surface area contributed by atoms with Crippen LogP contribution in [-0.4, -0.2) is 35.3 Å². The van der Waals surface area contributed by atoms with E-state index in [4.69, 9.17) is 4.74 Å². The van der Waals surface area contributed by atoms with Gasteiger partial charge in [0.1, 0.15) is 6.61 Å². The summed E-state index contributed by atoms with van der Waals surface area (Å²) in [7, 11) is 0. The van der Waals surface area contributed by atoms with Crippen LogP contribution >= 0.6 is 0 Å². The summed E-state index contributed by atoms with van der Waals surface area (Å²) in [5.41, 5.74) is 6.45. The van der Waals surface area contributed by atoms with Gasteiger partial charge in [0.15, 0.2) is 0 Å². The number of benzene rings is 3. The van der Waals surface area contributed by atoms with Crippen LogP contribution in [0, 0.1) is 5.92 Å². The van der Waals surface area contributed by atoms with Crippen molar-refractivity contribution in [2.24, 2.45) is 5.92 Å². The second kappa shape index (κ2) is 8.82. The zero-order chi connectivity index (χ0) is 22.8. The van der Waals surface area contributed by atoms with Crippen molar-refractivity contribution in [3.05, 3.63) is 95.7 Å². The predicted molar refractivity (Wildman–Crippen MR) is 126 cm³/mol. The number of alkyl carbamates (subject to hydrolysis) is 1. The maximum Gasteiger partial charge on any atom is 0.407 e. The first-order chi connectivity index (χ1) is 16.1. The summed E-state index contributed by atoms with van der Waals surface area (Å²) >= 11 is 0. The van der Waals surface area contributed by atoms with Gasteiger partial charge in [0.25, 0.3) is 0 Å². The van der Waals surface area contributed by atoms with E-state index in [0.29, 0.717) is 6.42 Å². The monoisotopic (exact) mass is 440 g/mol. The van der Waals surface area contributed by atoms with E-state index in [9.17, 15) is 14.7 Å². The van der Waals surface area contributed by atoms with Crippen molar-refractivity contribution in [1.82, 2.24) is 10.3 Å². The minimum Gasteiger partial charge on any atom is -0.481 e. The first kappa shape index (κ1) is 20.8. The van der Waals surface area contributed by atoms with Gasteiger partial charge in [0.2, 0.25) is 0 Å². The zero-order valence-corrected chi connectivity index (χ0v) is 18.0. The number of H-pyrrole nitrogens is 1. The van der Waals surface area contributed by atoms with Crippen molar-refractivity contribution in [2.75, 3.05) is 13.2 Å². The Morgan fingerprint density at radius 2 is 1.58 bits per heavy atom. The number of hydrogen-bond acceptors (Lipinski definition) is 3. The molecule has 33 heavy (non-hydrogen) atoms. The number of hydrogen-bond donors (Lipinski definition) is 3. The fraction of sp³-hybridized carbons (Fsp3) is 0.185. The third-order valence-corrected chi connectivity index (χ3v) is 6.33. The van der Waals surface area contributed by atoms with Crippen LogP contribution in [0.15, 0.2) is 79.0 Å². The average molecular weight is 440 g/mol. The SMILES string of the molecule is O=C(NCC(Cc1c[nH]c2ccccc12)C(=O)O)OCC1c2ccccc2-c2ccccc21. The molecule has 0 aliphatic heterocycles. The standard InChI is InChI=1S/C27H24N2O4/c30-26(31)18(13-17-14-28-25-12-6-5-7-19(17)25)15-29-27(32)33-16-24-22-10-3-1-8-20(22)21-9-2-4-11-23(21)24/h1-12,14,18,24,28H,13,15-16H2,(H,29,32)(H,30,31). The van der Waals surface area contributed by atoms with Gasteiger partial charge in [-0.25, -0.2) is 4.79 Å². The van der Waals surface area contributed by atoms with Crippen molar-refractivity contribution >= 4 is 23.0 Å². The van der Waals surface area contributed by atoms with Crippen LogP contribution < -0.4 is 5.32 Å². The number of para-hydroxylation sites is 1. The molecule has 1 heterocycles. The van der Waals surface area contributed by atoms with Crippen LogP contribution in [0.3, 0.4) is 0 Å². The van der Waals surface area contributed by atoms with Crippen molar-refractivity contribution < 1.29 is 19.4 Å². The number of nitrogens with one attached hydrogen (secondary N) is 2. The molecule has 0 spiro atoms.